The summed E-state index contributed by atoms with van der Waals surface area (Å²) in [5.74, 6) is -4.72. The van der Waals surface area contributed by atoms with Gasteiger partial charge in [0.1, 0.15) is 5.69 Å². The minimum absolute atomic E-state index is 0.0472. The molecule has 0 unspecified atom stereocenters. The zero-order valence-electron chi connectivity index (χ0n) is 14.8. The molecular formula is C21H13F3N4O. The molecule has 0 saturated heterocycles. The number of nitrogens with zero attached hydrogens (tertiary/aromatic N) is 2. The lowest BCUT2D eigenvalue weighted by atomic mass is 10.2. The largest absolute Gasteiger partial charge is 0.353 e. The Morgan fingerprint density at radius 1 is 0.828 bits per heavy atom. The Morgan fingerprint density at radius 3 is 2.52 bits per heavy atom. The maximum Gasteiger partial charge on any atom is 0.274 e. The van der Waals surface area contributed by atoms with Crippen LogP contribution in [0.4, 0.5) is 30.2 Å². The van der Waals surface area contributed by atoms with Crippen molar-refractivity contribution < 1.29 is 18.0 Å². The third-order valence-electron chi connectivity index (χ3n) is 4.19. The van der Waals surface area contributed by atoms with Crippen LogP contribution in [0.1, 0.15) is 10.5 Å². The van der Waals surface area contributed by atoms with Crippen molar-refractivity contribution >= 4 is 33.9 Å². The summed E-state index contributed by atoms with van der Waals surface area (Å²) in [6.45, 7) is 0. The van der Waals surface area contributed by atoms with E-state index in [1.807, 2.05) is 12.1 Å². The maximum atomic E-state index is 13.9. The van der Waals surface area contributed by atoms with Crippen LogP contribution in [-0.4, -0.2) is 15.9 Å². The second-order valence-corrected chi connectivity index (χ2v) is 6.11. The average Bonchev–Trinajstić information content (AvgIpc) is 2.75. The van der Waals surface area contributed by atoms with Crippen LogP contribution in [0.25, 0.3) is 10.9 Å². The Labute approximate surface area is 163 Å². The van der Waals surface area contributed by atoms with Crippen molar-refractivity contribution in [3.63, 3.8) is 0 Å². The van der Waals surface area contributed by atoms with Gasteiger partial charge in [0, 0.05) is 23.5 Å². The first-order valence-corrected chi connectivity index (χ1v) is 8.54. The van der Waals surface area contributed by atoms with Crippen LogP contribution < -0.4 is 10.6 Å². The van der Waals surface area contributed by atoms with Gasteiger partial charge in [-0.25, -0.2) is 13.2 Å². The van der Waals surface area contributed by atoms with Crippen LogP contribution in [0, 0.1) is 17.5 Å². The van der Waals surface area contributed by atoms with Gasteiger partial charge < -0.3 is 10.6 Å². The molecule has 0 spiro atoms. The van der Waals surface area contributed by atoms with Crippen LogP contribution in [0.3, 0.4) is 0 Å². The van der Waals surface area contributed by atoms with Crippen LogP contribution >= 0.6 is 0 Å². The Hall–Kier alpha value is -3.94. The Bertz CT molecular complexity index is 1220. The number of amides is 1. The predicted molar refractivity (Wildman–Crippen MR) is 104 cm³/mol. The summed E-state index contributed by atoms with van der Waals surface area (Å²) in [6, 6.07) is 13.8. The van der Waals surface area contributed by atoms with Crippen molar-refractivity contribution in [1.29, 1.82) is 0 Å². The minimum atomic E-state index is -1.58. The number of rotatable bonds is 4. The molecule has 0 aliphatic carbocycles. The molecule has 2 heterocycles. The fourth-order valence-corrected chi connectivity index (χ4v) is 2.80. The first-order valence-electron chi connectivity index (χ1n) is 8.54. The van der Waals surface area contributed by atoms with Gasteiger partial charge in [0.05, 0.1) is 16.9 Å². The van der Waals surface area contributed by atoms with E-state index in [9.17, 15) is 18.0 Å². The summed E-state index contributed by atoms with van der Waals surface area (Å²) in [5.41, 5.74) is 1.21. The van der Waals surface area contributed by atoms with E-state index in [2.05, 4.69) is 20.6 Å². The Morgan fingerprint density at radius 2 is 1.66 bits per heavy atom. The van der Waals surface area contributed by atoms with E-state index in [1.165, 1.54) is 18.3 Å². The second kappa shape index (κ2) is 7.59. The topological polar surface area (TPSA) is 66.9 Å². The number of carbonyl (C=O) groups excluding carboxylic acids is 1. The molecule has 2 aromatic carbocycles. The molecule has 0 saturated carbocycles. The Balaban J connectivity index is 1.58. The smallest absolute Gasteiger partial charge is 0.274 e. The van der Waals surface area contributed by atoms with Crippen molar-refractivity contribution in [1.82, 2.24) is 9.97 Å². The Kier molecular flexibility index (Phi) is 4.82. The maximum absolute atomic E-state index is 13.9. The summed E-state index contributed by atoms with van der Waals surface area (Å²) < 4.78 is 40.3. The third-order valence-corrected chi connectivity index (χ3v) is 4.19. The molecule has 8 heteroatoms. The van der Waals surface area contributed by atoms with E-state index in [0.29, 0.717) is 11.2 Å². The van der Waals surface area contributed by atoms with Gasteiger partial charge in [0.15, 0.2) is 17.5 Å². The number of fused-ring (bicyclic) bond motifs is 1. The number of halogens is 3. The highest BCUT2D eigenvalue weighted by molar-refractivity contribution is 6.07. The van der Waals surface area contributed by atoms with Gasteiger partial charge in [0.25, 0.3) is 5.91 Å². The van der Waals surface area contributed by atoms with Crippen LogP contribution in [-0.2, 0) is 0 Å². The number of carbonyl (C=O) groups is 1. The van der Waals surface area contributed by atoms with E-state index in [0.717, 1.165) is 17.5 Å². The van der Waals surface area contributed by atoms with Gasteiger partial charge in [0.2, 0.25) is 0 Å². The SMILES string of the molecule is O=C(Nc1cccc2cccnc12)c1cc(Nc2ccc(F)c(F)c2F)ccn1. The molecule has 0 bridgehead atoms. The molecule has 0 radical (unpaired) electrons. The first kappa shape index (κ1) is 18.4. The third kappa shape index (κ3) is 3.73. The van der Waals surface area contributed by atoms with Gasteiger partial charge in [-0.1, -0.05) is 18.2 Å². The number of para-hydroxylation sites is 1. The average molecular weight is 394 g/mol. The second-order valence-electron chi connectivity index (χ2n) is 6.11. The lowest BCUT2D eigenvalue weighted by Gasteiger charge is -2.10. The lowest BCUT2D eigenvalue weighted by Crippen LogP contribution is -2.14. The summed E-state index contributed by atoms with van der Waals surface area (Å²) in [4.78, 5) is 20.9. The van der Waals surface area contributed by atoms with Gasteiger partial charge >= 0.3 is 0 Å². The molecule has 5 nitrogen and oxygen atoms in total. The van der Waals surface area contributed by atoms with E-state index in [-0.39, 0.29) is 17.1 Å². The predicted octanol–water partition coefficient (Wildman–Crippen LogP) is 5.04. The molecule has 0 aliphatic heterocycles. The van der Waals surface area contributed by atoms with Gasteiger partial charge in [-0.3, -0.25) is 14.8 Å². The lowest BCUT2D eigenvalue weighted by molar-refractivity contribution is 0.102. The van der Waals surface area contributed by atoms with Crippen molar-refractivity contribution in [3.05, 3.63) is 90.1 Å². The summed E-state index contributed by atoms with van der Waals surface area (Å²) >= 11 is 0. The standard InChI is InChI=1S/C21H13F3N4O/c22-14-6-7-15(19(24)18(14)23)27-13-8-10-25-17(11-13)21(29)28-16-5-1-3-12-4-2-9-26-20(12)16/h1-11H,(H,25,27)(H,28,29). The van der Waals surface area contributed by atoms with E-state index in [1.54, 1.807) is 24.4 Å². The fourth-order valence-electron chi connectivity index (χ4n) is 2.80. The number of aromatic nitrogens is 2. The molecule has 2 N–H and O–H groups in total. The van der Waals surface area contributed by atoms with E-state index >= 15 is 0 Å². The van der Waals surface area contributed by atoms with Crippen LogP contribution in [0.5, 0.6) is 0 Å². The van der Waals surface area contributed by atoms with E-state index in [4.69, 9.17) is 0 Å². The summed E-state index contributed by atoms with van der Waals surface area (Å²) in [7, 11) is 0. The highest BCUT2D eigenvalue weighted by Crippen LogP contribution is 2.24. The van der Waals surface area contributed by atoms with Crippen molar-refractivity contribution in [2.45, 2.75) is 0 Å². The number of hydrogen-bond donors (Lipinski definition) is 2. The number of anilines is 3. The number of hydrogen-bond acceptors (Lipinski definition) is 4. The molecule has 0 fully saturated rings. The molecule has 1 amide bonds. The molecule has 2 aromatic heterocycles. The number of pyridine rings is 2. The molecular weight excluding hydrogens is 381 g/mol. The minimum Gasteiger partial charge on any atom is -0.353 e. The summed E-state index contributed by atoms with van der Waals surface area (Å²) in [6.07, 6.45) is 2.97. The number of benzene rings is 2. The molecule has 4 aromatic rings. The number of nitrogens with one attached hydrogen (secondary N) is 2. The highest BCUT2D eigenvalue weighted by Gasteiger charge is 2.15. The summed E-state index contributed by atoms with van der Waals surface area (Å²) in [5, 5.41) is 6.22. The van der Waals surface area contributed by atoms with Gasteiger partial charge in [-0.2, -0.15) is 0 Å². The molecule has 29 heavy (non-hydrogen) atoms. The van der Waals surface area contributed by atoms with Gasteiger partial charge in [-0.15, -0.1) is 0 Å². The normalized spacial score (nSPS) is 10.7. The van der Waals surface area contributed by atoms with Crippen molar-refractivity contribution in [2.75, 3.05) is 10.6 Å². The zero-order valence-corrected chi connectivity index (χ0v) is 14.8. The van der Waals surface area contributed by atoms with Crippen LogP contribution in [0.2, 0.25) is 0 Å². The quantitative estimate of drug-likeness (QED) is 0.476. The van der Waals surface area contributed by atoms with Crippen molar-refractivity contribution in [3.8, 4) is 0 Å². The van der Waals surface area contributed by atoms with E-state index < -0.39 is 23.4 Å². The van der Waals surface area contributed by atoms with Gasteiger partial charge in [-0.05, 0) is 36.4 Å². The monoisotopic (exact) mass is 394 g/mol. The zero-order chi connectivity index (χ0) is 20.4. The molecule has 0 aliphatic rings. The van der Waals surface area contributed by atoms with Crippen molar-refractivity contribution in [2.24, 2.45) is 0 Å². The first-order chi connectivity index (χ1) is 14.0. The van der Waals surface area contributed by atoms with Crippen LogP contribution in [0.15, 0.2) is 67.0 Å². The highest BCUT2D eigenvalue weighted by atomic mass is 19.2. The molecule has 4 rings (SSSR count). The molecule has 0 atom stereocenters. The molecule has 144 valence electrons. The fraction of sp³-hybridized carbons (Fsp3) is 0.